The van der Waals surface area contributed by atoms with Crippen LogP contribution in [0.2, 0.25) is 0 Å². The second kappa shape index (κ2) is 10.7. The molecule has 1 heterocycles. The third-order valence-electron chi connectivity index (χ3n) is 12.1. The molecule has 0 N–H and O–H groups in total. The van der Waals surface area contributed by atoms with Crippen LogP contribution < -0.4 is 4.90 Å². The summed E-state index contributed by atoms with van der Waals surface area (Å²) >= 11 is 0. The summed E-state index contributed by atoms with van der Waals surface area (Å²) in [6.45, 7) is 23.2. The molecule has 0 aliphatic heterocycles. The summed E-state index contributed by atoms with van der Waals surface area (Å²) < 4.78 is 6.86. The minimum Gasteiger partial charge on any atom is -0.456 e. The lowest BCUT2D eigenvalue weighted by atomic mass is 9.79. The Bertz CT molecular complexity index is 2600. The summed E-state index contributed by atoms with van der Waals surface area (Å²) in [5.41, 5.74) is 18.5. The number of rotatable bonds is 3. The van der Waals surface area contributed by atoms with Gasteiger partial charge in [-0.2, -0.15) is 0 Å². The van der Waals surface area contributed by atoms with Crippen molar-refractivity contribution in [1.82, 2.24) is 0 Å². The fourth-order valence-corrected chi connectivity index (χ4v) is 9.18. The molecule has 0 fully saturated rings. The fourth-order valence-electron chi connectivity index (χ4n) is 9.18. The lowest BCUT2D eigenvalue weighted by Gasteiger charge is -2.29. The Morgan fingerprint density at radius 2 is 1.00 bits per heavy atom. The van der Waals surface area contributed by atoms with Gasteiger partial charge in [0.25, 0.3) is 0 Å². The van der Waals surface area contributed by atoms with Gasteiger partial charge in [0.05, 0.1) is 0 Å². The van der Waals surface area contributed by atoms with Gasteiger partial charge in [0.2, 0.25) is 0 Å². The molecule has 0 amide bonds. The normalized spacial score (nSPS) is 15.4. The van der Waals surface area contributed by atoms with Gasteiger partial charge in [-0.15, -0.1) is 0 Å². The maximum absolute atomic E-state index is 6.86. The molecule has 2 aliphatic carbocycles. The van der Waals surface area contributed by atoms with Gasteiger partial charge in [0.1, 0.15) is 11.2 Å². The zero-order chi connectivity index (χ0) is 36.5. The zero-order valence-electron chi connectivity index (χ0n) is 32.3. The van der Waals surface area contributed by atoms with E-state index in [1.165, 1.54) is 66.4 Å². The van der Waals surface area contributed by atoms with Crippen LogP contribution >= 0.6 is 0 Å². The van der Waals surface area contributed by atoms with Crippen LogP contribution in [0.25, 0.3) is 44.2 Å². The molecule has 0 atom stereocenters. The predicted molar refractivity (Wildman–Crippen MR) is 221 cm³/mol. The Balaban J connectivity index is 1.28. The van der Waals surface area contributed by atoms with Gasteiger partial charge in [-0.25, -0.2) is 0 Å². The van der Waals surface area contributed by atoms with Crippen molar-refractivity contribution in [1.29, 1.82) is 0 Å². The van der Waals surface area contributed by atoms with E-state index in [2.05, 4.69) is 189 Å². The van der Waals surface area contributed by atoms with Crippen molar-refractivity contribution >= 4 is 39.0 Å². The van der Waals surface area contributed by atoms with Crippen molar-refractivity contribution < 1.29 is 4.42 Å². The highest BCUT2D eigenvalue weighted by molar-refractivity contribution is 6.08. The molecular formula is C50H49NO. The van der Waals surface area contributed by atoms with Crippen LogP contribution in [0.3, 0.4) is 0 Å². The van der Waals surface area contributed by atoms with Crippen LogP contribution in [0.15, 0.2) is 120 Å². The zero-order valence-corrected chi connectivity index (χ0v) is 32.3. The Morgan fingerprint density at radius 1 is 0.462 bits per heavy atom. The van der Waals surface area contributed by atoms with Gasteiger partial charge >= 0.3 is 0 Å². The van der Waals surface area contributed by atoms with E-state index >= 15 is 0 Å². The van der Waals surface area contributed by atoms with Gasteiger partial charge < -0.3 is 9.32 Å². The average Bonchev–Trinajstić information content (AvgIpc) is 3.66. The maximum atomic E-state index is 6.86. The highest BCUT2D eigenvalue weighted by Gasteiger charge is 2.37. The third-order valence-corrected chi connectivity index (χ3v) is 12.1. The molecule has 0 spiro atoms. The van der Waals surface area contributed by atoms with Gasteiger partial charge in [-0.05, 0) is 109 Å². The lowest BCUT2D eigenvalue weighted by molar-refractivity contribution is 0.569. The van der Waals surface area contributed by atoms with Crippen molar-refractivity contribution in [2.45, 2.75) is 90.9 Å². The van der Waals surface area contributed by atoms with E-state index in [-0.39, 0.29) is 21.7 Å². The maximum Gasteiger partial charge on any atom is 0.137 e. The second-order valence-corrected chi connectivity index (χ2v) is 18.3. The molecular weight excluding hydrogens is 631 g/mol. The number of furan rings is 1. The van der Waals surface area contributed by atoms with Gasteiger partial charge in [-0.3, -0.25) is 0 Å². The first-order chi connectivity index (χ1) is 24.5. The second-order valence-electron chi connectivity index (χ2n) is 18.3. The van der Waals surface area contributed by atoms with E-state index in [9.17, 15) is 0 Å². The number of nitrogens with zero attached hydrogens (tertiary/aromatic N) is 1. The lowest BCUT2D eigenvalue weighted by Crippen LogP contribution is -2.17. The minimum absolute atomic E-state index is 0.0108. The Hall–Kier alpha value is -5.08. The third kappa shape index (κ3) is 4.69. The number of benzene rings is 6. The first-order valence-corrected chi connectivity index (χ1v) is 18.9. The summed E-state index contributed by atoms with van der Waals surface area (Å²) in [7, 11) is 0. The highest BCUT2D eigenvalue weighted by Crippen LogP contribution is 2.53. The first kappa shape index (κ1) is 32.8. The van der Waals surface area contributed by atoms with Crippen molar-refractivity contribution in [3.63, 3.8) is 0 Å². The number of hydrogen-bond donors (Lipinski definition) is 0. The molecule has 2 heteroatoms. The van der Waals surface area contributed by atoms with E-state index in [0.29, 0.717) is 0 Å². The quantitative estimate of drug-likeness (QED) is 0.185. The van der Waals surface area contributed by atoms with E-state index in [1.807, 2.05) is 0 Å². The molecule has 2 aliphatic rings. The number of anilines is 3. The van der Waals surface area contributed by atoms with E-state index in [1.54, 1.807) is 0 Å². The molecule has 0 bridgehead atoms. The molecule has 9 rings (SSSR count). The standard InChI is InChI=1S/C50H49NO/c1-47(2,3)30-25-43(48(4,5)6)46-37-23-20-33(29-44(37)52-45(46)26-30)51(31-21-24-41-38(27-31)35-16-12-14-18-40(35)49(41,7)8)32-19-22-36-34-15-11-13-17-39(34)50(9,10)42(36)28-32/h11-29H,1-10H3. The predicted octanol–water partition coefficient (Wildman–Crippen LogP) is 14.3. The summed E-state index contributed by atoms with van der Waals surface area (Å²) in [4.78, 5) is 2.44. The number of hydrogen-bond acceptors (Lipinski definition) is 2. The molecule has 52 heavy (non-hydrogen) atoms. The first-order valence-electron chi connectivity index (χ1n) is 18.9. The molecule has 0 saturated heterocycles. The van der Waals surface area contributed by atoms with Crippen LogP contribution in [0.1, 0.15) is 103 Å². The van der Waals surface area contributed by atoms with Crippen molar-refractivity contribution in [2.24, 2.45) is 0 Å². The van der Waals surface area contributed by atoms with Crippen molar-refractivity contribution in [3.8, 4) is 22.3 Å². The summed E-state index contributed by atoms with van der Waals surface area (Å²) in [5, 5.41) is 2.39. The summed E-state index contributed by atoms with van der Waals surface area (Å²) in [5.74, 6) is 0. The Morgan fingerprint density at radius 3 is 1.67 bits per heavy atom. The molecule has 2 nitrogen and oxygen atoms in total. The smallest absolute Gasteiger partial charge is 0.137 e. The number of fused-ring (bicyclic) bond motifs is 9. The van der Waals surface area contributed by atoms with E-state index < -0.39 is 0 Å². The Kier molecular flexibility index (Phi) is 6.77. The fraction of sp³-hybridized carbons (Fsp3) is 0.280. The molecule has 260 valence electrons. The molecule has 0 radical (unpaired) electrons. The molecule has 7 aromatic rings. The topological polar surface area (TPSA) is 16.4 Å². The summed E-state index contributed by atoms with van der Waals surface area (Å²) in [6.07, 6.45) is 0. The monoisotopic (exact) mass is 679 g/mol. The Labute approximate surface area is 309 Å². The average molecular weight is 680 g/mol. The molecule has 6 aromatic carbocycles. The van der Waals surface area contributed by atoms with Crippen molar-refractivity contribution in [3.05, 3.63) is 149 Å². The van der Waals surface area contributed by atoms with Crippen LogP contribution in [0.4, 0.5) is 17.1 Å². The van der Waals surface area contributed by atoms with Gasteiger partial charge in [0, 0.05) is 44.7 Å². The van der Waals surface area contributed by atoms with Gasteiger partial charge in [0.15, 0.2) is 0 Å². The minimum atomic E-state index is -0.106. The SMILES string of the molecule is CC(C)(C)c1cc(C(C)(C)C)c2c(c1)oc1cc(N(c3ccc4c(c3)-c3ccccc3C4(C)C)c3ccc4c(c3)C(C)(C)c3ccccc3-4)ccc12. The van der Waals surface area contributed by atoms with Crippen LogP contribution in [-0.4, -0.2) is 0 Å². The van der Waals surface area contributed by atoms with Crippen LogP contribution in [-0.2, 0) is 21.7 Å². The van der Waals surface area contributed by atoms with Crippen LogP contribution in [0.5, 0.6) is 0 Å². The molecule has 1 aromatic heterocycles. The van der Waals surface area contributed by atoms with Crippen LogP contribution in [0, 0.1) is 0 Å². The highest BCUT2D eigenvalue weighted by atomic mass is 16.3. The van der Waals surface area contributed by atoms with Gasteiger partial charge in [-0.1, -0.05) is 136 Å². The largest absolute Gasteiger partial charge is 0.456 e. The summed E-state index contributed by atoms with van der Waals surface area (Å²) in [6, 6.07) is 43.5. The van der Waals surface area contributed by atoms with E-state index in [0.717, 1.165) is 28.2 Å². The van der Waals surface area contributed by atoms with E-state index in [4.69, 9.17) is 4.42 Å². The molecule has 0 unspecified atom stereocenters. The van der Waals surface area contributed by atoms with Crippen molar-refractivity contribution in [2.75, 3.05) is 4.90 Å². The molecule has 0 saturated carbocycles.